The van der Waals surface area contributed by atoms with Gasteiger partial charge in [-0.25, -0.2) is 0 Å². The monoisotopic (exact) mass is 368 g/mol. The molecule has 0 saturated carbocycles. The molecule has 2 N–H and O–H groups in total. The van der Waals surface area contributed by atoms with Crippen LogP contribution in [0.5, 0.6) is 0 Å². The molecule has 0 fully saturated rings. The van der Waals surface area contributed by atoms with Crippen molar-refractivity contribution in [2.45, 2.75) is 24.9 Å². The van der Waals surface area contributed by atoms with Crippen LogP contribution in [0.1, 0.15) is 34.6 Å². The standard InChI is InChI=1S/C21H15F3N2O/c22-21(23,24)14-6-3-5-13(10-14)18-16-9-8-12-4-1-2-7-15(12)19(16)27-20(26)17(18)11-25/h1-7,10,18H,8-9,26H2. The molecule has 0 bridgehead atoms. The maximum Gasteiger partial charge on any atom is 0.416 e. The average molecular weight is 368 g/mol. The lowest BCUT2D eigenvalue weighted by Crippen LogP contribution is -2.23. The summed E-state index contributed by atoms with van der Waals surface area (Å²) in [6, 6.07) is 14.8. The highest BCUT2D eigenvalue weighted by atomic mass is 19.4. The molecule has 1 aliphatic heterocycles. The third-order valence-corrected chi connectivity index (χ3v) is 5.00. The molecule has 1 heterocycles. The Balaban J connectivity index is 1.91. The Bertz CT molecular complexity index is 1030. The molecule has 0 spiro atoms. The van der Waals surface area contributed by atoms with Crippen LogP contribution in [0.15, 0.2) is 65.6 Å². The first-order valence-corrected chi connectivity index (χ1v) is 8.46. The number of benzene rings is 2. The molecule has 1 atom stereocenters. The van der Waals surface area contributed by atoms with Gasteiger partial charge >= 0.3 is 6.18 Å². The fraction of sp³-hybridized carbons (Fsp3) is 0.190. The summed E-state index contributed by atoms with van der Waals surface area (Å²) in [5.74, 6) is -0.152. The summed E-state index contributed by atoms with van der Waals surface area (Å²) >= 11 is 0. The average Bonchev–Trinajstić information content (AvgIpc) is 2.66. The summed E-state index contributed by atoms with van der Waals surface area (Å²) in [6.07, 6.45) is -3.14. The van der Waals surface area contributed by atoms with Crippen LogP contribution >= 0.6 is 0 Å². The Labute approximate surface area is 154 Å². The van der Waals surface area contributed by atoms with Gasteiger partial charge in [0.2, 0.25) is 5.88 Å². The Kier molecular flexibility index (Phi) is 3.96. The minimum atomic E-state index is -4.46. The number of rotatable bonds is 1. The zero-order valence-electron chi connectivity index (χ0n) is 14.2. The molecule has 1 aliphatic carbocycles. The molecule has 0 aromatic heterocycles. The van der Waals surface area contributed by atoms with Gasteiger partial charge in [0.25, 0.3) is 0 Å². The van der Waals surface area contributed by atoms with E-state index in [9.17, 15) is 18.4 Å². The topological polar surface area (TPSA) is 59.0 Å². The molecular weight excluding hydrogens is 353 g/mol. The molecule has 3 nitrogen and oxygen atoms in total. The van der Waals surface area contributed by atoms with Crippen LogP contribution < -0.4 is 5.73 Å². The number of alkyl halides is 3. The van der Waals surface area contributed by atoms with Crippen molar-refractivity contribution in [2.24, 2.45) is 5.73 Å². The van der Waals surface area contributed by atoms with E-state index >= 15 is 0 Å². The molecule has 2 aliphatic rings. The van der Waals surface area contributed by atoms with Gasteiger partial charge in [-0.2, -0.15) is 18.4 Å². The van der Waals surface area contributed by atoms with E-state index < -0.39 is 17.7 Å². The highest BCUT2D eigenvalue weighted by molar-refractivity contribution is 5.74. The smallest absolute Gasteiger partial charge is 0.416 e. The Hall–Kier alpha value is -3.20. The van der Waals surface area contributed by atoms with Gasteiger partial charge in [0.15, 0.2) is 0 Å². The van der Waals surface area contributed by atoms with E-state index in [-0.39, 0.29) is 11.5 Å². The number of fused-ring (bicyclic) bond motifs is 2. The van der Waals surface area contributed by atoms with E-state index in [0.717, 1.165) is 35.3 Å². The van der Waals surface area contributed by atoms with Crippen LogP contribution in [0.2, 0.25) is 0 Å². The third kappa shape index (κ3) is 2.85. The SMILES string of the molecule is N#CC1=C(N)OC2=C(CCc3ccccc32)C1c1cccc(C(F)(F)F)c1. The first kappa shape index (κ1) is 17.2. The minimum absolute atomic E-state index is 0.0598. The van der Waals surface area contributed by atoms with Crippen molar-refractivity contribution in [3.05, 3.63) is 87.8 Å². The minimum Gasteiger partial charge on any atom is -0.440 e. The molecule has 1 unspecified atom stereocenters. The van der Waals surface area contributed by atoms with Gasteiger partial charge in [0.05, 0.1) is 5.56 Å². The van der Waals surface area contributed by atoms with Crippen LogP contribution in [0.3, 0.4) is 0 Å². The van der Waals surface area contributed by atoms with Crippen molar-refractivity contribution in [3.63, 3.8) is 0 Å². The van der Waals surface area contributed by atoms with E-state index in [4.69, 9.17) is 10.5 Å². The molecule has 2 aromatic carbocycles. The summed E-state index contributed by atoms with van der Waals surface area (Å²) in [6.45, 7) is 0. The molecule has 2 aromatic rings. The Morgan fingerprint density at radius 3 is 2.59 bits per heavy atom. The molecule has 0 radical (unpaired) electrons. The van der Waals surface area contributed by atoms with Crippen LogP contribution in [-0.2, 0) is 17.3 Å². The number of hydrogen-bond acceptors (Lipinski definition) is 3. The lowest BCUT2D eigenvalue weighted by molar-refractivity contribution is -0.137. The fourth-order valence-electron chi connectivity index (χ4n) is 3.78. The molecular formula is C21H15F3N2O. The van der Waals surface area contributed by atoms with Crippen molar-refractivity contribution in [1.29, 1.82) is 5.26 Å². The van der Waals surface area contributed by atoms with Gasteiger partial charge in [0.1, 0.15) is 17.4 Å². The van der Waals surface area contributed by atoms with Crippen LogP contribution in [0.25, 0.3) is 5.76 Å². The van der Waals surface area contributed by atoms with E-state index in [1.807, 2.05) is 30.3 Å². The molecule has 6 heteroatoms. The van der Waals surface area contributed by atoms with Crippen LogP contribution in [0.4, 0.5) is 13.2 Å². The molecule has 27 heavy (non-hydrogen) atoms. The van der Waals surface area contributed by atoms with Gasteiger partial charge in [-0.3, -0.25) is 0 Å². The van der Waals surface area contributed by atoms with Crippen molar-refractivity contribution < 1.29 is 17.9 Å². The maximum absolute atomic E-state index is 13.2. The summed E-state index contributed by atoms with van der Waals surface area (Å²) in [4.78, 5) is 0. The third-order valence-electron chi connectivity index (χ3n) is 5.00. The number of hydrogen-bond donors (Lipinski definition) is 1. The van der Waals surface area contributed by atoms with Gasteiger partial charge in [-0.15, -0.1) is 0 Å². The second-order valence-electron chi connectivity index (χ2n) is 6.56. The highest BCUT2D eigenvalue weighted by Gasteiger charge is 2.37. The second-order valence-corrected chi connectivity index (χ2v) is 6.56. The summed E-state index contributed by atoms with van der Waals surface area (Å²) < 4.78 is 45.3. The quantitative estimate of drug-likeness (QED) is 0.781. The molecule has 136 valence electrons. The molecule has 4 rings (SSSR count). The molecule has 0 saturated heterocycles. The second kappa shape index (κ2) is 6.20. The van der Waals surface area contributed by atoms with Gasteiger partial charge in [0, 0.05) is 11.5 Å². The maximum atomic E-state index is 13.2. The summed E-state index contributed by atoms with van der Waals surface area (Å²) in [5.41, 5.74) is 8.52. The number of allylic oxidation sites excluding steroid dienone is 2. The van der Waals surface area contributed by atoms with Crippen molar-refractivity contribution in [1.82, 2.24) is 0 Å². The number of nitriles is 1. The zero-order chi connectivity index (χ0) is 19.2. The van der Waals surface area contributed by atoms with Crippen LogP contribution in [0, 0.1) is 11.3 Å². The predicted octanol–water partition coefficient (Wildman–Crippen LogP) is 4.87. The van der Waals surface area contributed by atoms with Gasteiger partial charge in [-0.1, -0.05) is 42.5 Å². The van der Waals surface area contributed by atoms with E-state index in [1.165, 1.54) is 6.07 Å². The lowest BCUT2D eigenvalue weighted by Gasteiger charge is -2.33. The number of nitrogens with two attached hydrogens (primary N) is 1. The van der Waals surface area contributed by atoms with Gasteiger partial charge < -0.3 is 10.5 Å². The van der Waals surface area contributed by atoms with E-state index in [1.54, 1.807) is 6.07 Å². The Morgan fingerprint density at radius 1 is 1.07 bits per heavy atom. The van der Waals surface area contributed by atoms with Crippen molar-refractivity contribution in [2.75, 3.05) is 0 Å². The van der Waals surface area contributed by atoms with E-state index in [0.29, 0.717) is 17.7 Å². The predicted molar refractivity (Wildman–Crippen MR) is 93.8 cm³/mol. The highest BCUT2D eigenvalue weighted by Crippen LogP contribution is 2.47. The largest absolute Gasteiger partial charge is 0.440 e. The van der Waals surface area contributed by atoms with E-state index in [2.05, 4.69) is 0 Å². The fourth-order valence-corrected chi connectivity index (χ4v) is 3.78. The number of aryl methyl sites for hydroxylation is 1. The van der Waals surface area contributed by atoms with Crippen molar-refractivity contribution in [3.8, 4) is 6.07 Å². The van der Waals surface area contributed by atoms with Gasteiger partial charge in [-0.05, 0) is 35.6 Å². The number of nitrogens with zero attached hydrogens (tertiary/aromatic N) is 1. The summed E-state index contributed by atoms with van der Waals surface area (Å²) in [5, 5.41) is 9.60. The summed E-state index contributed by atoms with van der Waals surface area (Å²) in [7, 11) is 0. The Morgan fingerprint density at radius 2 is 1.85 bits per heavy atom. The zero-order valence-corrected chi connectivity index (χ0v) is 14.2. The van der Waals surface area contributed by atoms with Crippen LogP contribution in [-0.4, -0.2) is 0 Å². The molecule has 0 amide bonds. The number of ether oxygens (including phenoxy) is 1. The first-order chi connectivity index (χ1) is 12.9. The lowest BCUT2D eigenvalue weighted by atomic mass is 9.76. The number of halogens is 3. The first-order valence-electron chi connectivity index (χ1n) is 8.46. The normalized spacial score (nSPS) is 19.1. The van der Waals surface area contributed by atoms with Crippen molar-refractivity contribution >= 4 is 5.76 Å².